The number of rotatable bonds is 1. The van der Waals surface area contributed by atoms with Crippen LogP contribution in [0.4, 0.5) is 10.3 Å². The minimum absolute atomic E-state index is 0.307. The number of halogens is 2. The maximum Gasteiger partial charge on any atom is 0.201 e. The molecule has 0 amide bonds. The standard InChI is InChI=1S/C13H16BrFN4/c1-18-4-2-3-8(7-18)19-12-5-9(14)10(15)6-11(12)17-13(19)16/h5-6,8H,2-4,7H2,1H3,(H2,16,17). The highest BCUT2D eigenvalue weighted by Crippen LogP contribution is 2.31. The van der Waals surface area contributed by atoms with Gasteiger partial charge in [-0.1, -0.05) is 0 Å². The smallest absolute Gasteiger partial charge is 0.201 e. The predicted molar refractivity (Wildman–Crippen MR) is 77.6 cm³/mol. The Labute approximate surface area is 119 Å². The summed E-state index contributed by atoms with van der Waals surface area (Å²) in [5, 5.41) is 0. The molecule has 1 fully saturated rings. The van der Waals surface area contributed by atoms with Crippen molar-refractivity contribution in [2.45, 2.75) is 18.9 Å². The maximum atomic E-state index is 13.5. The third kappa shape index (κ3) is 2.23. The molecule has 1 aliphatic heterocycles. The Balaban J connectivity index is 2.12. The van der Waals surface area contributed by atoms with Gasteiger partial charge in [-0.25, -0.2) is 9.37 Å². The highest BCUT2D eigenvalue weighted by Gasteiger charge is 2.23. The molecular weight excluding hydrogens is 311 g/mol. The summed E-state index contributed by atoms with van der Waals surface area (Å²) in [6.07, 6.45) is 2.22. The Morgan fingerprint density at radius 1 is 1.47 bits per heavy atom. The molecule has 1 aromatic heterocycles. The first-order valence-electron chi connectivity index (χ1n) is 6.37. The first kappa shape index (κ1) is 12.9. The zero-order valence-corrected chi connectivity index (χ0v) is 12.3. The summed E-state index contributed by atoms with van der Waals surface area (Å²) in [6.45, 7) is 2.06. The Morgan fingerprint density at radius 3 is 3.00 bits per heavy atom. The molecule has 1 atom stereocenters. The highest BCUT2D eigenvalue weighted by molar-refractivity contribution is 9.10. The van der Waals surface area contributed by atoms with Crippen molar-refractivity contribution in [1.82, 2.24) is 14.5 Å². The first-order valence-corrected chi connectivity index (χ1v) is 7.16. The molecule has 2 heterocycles. The van der Waals surface area contributed by atoms with Crippen LogP contribution in [0.15, 0.2) is 16.6 Å². The van der Waals surface area contributed by atoms with Crippen LogP contribution in [0.2, 0.25) is 0 Å². The molecule has 0 spiro atoms. The number of likely N-dealkylation sites (tertiary alicyclic amines) is 1. The number of anilines is 1. The number of hydrogen-bond acceptors (Lipinski definition) is 3. The molecule has 2 N–H and O–H groups in total. The molecule has 3 rings (SSSR count). The molecule has 0 aliphatic carbocycles. The Bertz CT molecular complexity index is 625. The third-order valence-corrected chi connectivity index (χ3v) is 4.33. The fourth-order valence-corrected chi connectivity index (χ4v) is 3.17. The van der Waals surface area contributed by atoms with Gasteiger partial charge in [0.15, 0.2) is 0 Å². The van der Waals surface area contributed by atoms with E-state index in [0.717, 1.165) is 31.4 Å². The molecule has 0 saturated carbocycles. The van der Waals surface area contributed by atoms with Gasteiger partial charge in [-0.05, 0) is 48.4 Å². The van der Waals surface area contributed by atoms with Crippen molar-refractivity contribution >= 4 is 32.9 Å². The average Bonchev–Trinajstić information content (AvgIpc) is 2.65. The second-order valence-electron chi connectivity index (χ2n) is 5.15. The molecular formula is C13H16BrFN4. The van der Waals surface area contributed by atoms with Gasteiger partial charge in [0.05, 0.1) is 15.5 Å². The lowest BCUT2D eigenvalue weighted by Crippen LogP contribution is -2.33. The Kier molecular flexibility index (Phi) is 3.22. The summed E-state index contributed by atoms with van der Waals surface area (Å²) in [5.41, 5.74) is 7.54. The third-order valence-electron chi connectivity index (χ3n) is 3.72. The van der Waals surface area contributed by atoms with Crippen LogP contribution in [0, 0.1) is 5.82 Å². The average molecular weight is 327 g/mol. The van der Waals surface area contributed by atoms with Gasteiger partial charge in [0.1, 0.15) is 5.82 Å². The molecule has 4 nitrogen and oxygen atoms in total. The predicted octanol–water partition coefficient (Wildman–Crippen LogP) is 2.79. The van der Waals surface area contributed by atoms with Crippen molar-refractivity contribution in [2.75, 3.05) is 25.9 Å². The minimum Gasteiger partial charge on any atom is -0.369 e. The number of imidazole rings is 1. The molecule has 19 heavy (non-hydrogen) atoms. The Hall–Kier alpha value is -1.14. The van der Waals surface area contributed by atoms with E-state index in [1.807, 2.05) is 4.57 Å². The zero-order chi connectivity index (χ0) is 13.6. The summed E-state index contributed by atoms with van der Waals surface area (Å²) in [6, 6.07) is 3.50. The number of piperidine rings is 1. The summed E-state index contributed by atoms with van der Waals surface area (Å²) in [5.74, 6) is 0.158. The van der Waals surface area contributed by atoms with E-state index in [9.17, 15) is 4.39 Å². The topological polar surface area (TPSA) is 47.1 Å². The largest absolute Gasteiger partial charge is 0.369 e. The summed E-state index contributed by atoms with van der Waals surface area (Å²) < 4.78 is 16.0. The summed E-state index contributed by atoms with van der Waals surface area (Å²) >= 11 is 3.23. The van der Waals surface area contributed by atoms with E-state index in [4.69, 9.17) is 5.73 Å². The zero-order valence-electron chi connectivity index (χ0n) is 10.7. The van der Waals surface area contributed by atoms with Crippen molar-refractivity contribution in [1.29, 1.82) is 0 Å². The van der Waals surface area contributed by atoms with Gasteiger partial charge in [0.25, 0.3) is 0 Å². The number of fused-ring (bicyclic) bond motifs is 1. The second kappa shape index (κ2) is 4.76. The van der Waals surface area contributed by atoms with Crippen molar-refractivity contribution < 1.29 is 4.39 Å². The van der Waals surface area contributed by atoms with E-state index < -0.39 is 0 Å². The van der Waals surface area contributed by atoms with Crippen molar-refractivity contribution in [3.8, 4) is 0 Å². The van der Waals surface area contributed by atoms with Crippen LogP contribution in [-0.4, -0.2) is 34.6 Å². The molecule has 2 aromatic rings. The molecule has 6 heteroatoms. The quantitative estimate of drug-likeness (QED) is 0.876. The molecule has 0 radical (unpaired) electrons. The molecule has 1 unspecified atom stereocenters. The number of aromatic nitrogens is 2. The molecule has 1 saturated heterocycles. The van der Waals surface area contributed by atoms with Crippen LogP contribution in [0.1, 0.15) is 18.9 Å². The molecule has 1 aliphatic rings. The SMILES string of the molecule is CN1CCCC(n2c(N)nc3cc(F)c(Br)cc32)C1. The fourth-order valence-electron chi connectivity index (χ4n) is 2.84. The first-order chi connectivity index (χ1) is 9.06. The van der Waals surface area contributed by atoms with Gasteiger partial charge in [-0.2, -0.15) is 0 Å². The lowest BCUT2D eigenvalue weighted by molar-refractivity contribution is 0.216. The fraction of sp³-hybridized carbons (Fsp3) is 0.462. The van der Waals surface area contributed by atoms with E-state index in [-0.39, 0.29) is 5.82 Å². The van der Waals surface area contributed by atoms with E-state index in [1.54, 1.807) is 6.07 Å². The molecule has 0 bridgehead atoms. The lowest BCUT2D eigenvalue weighted by Gasteiger charge is -2.31. The Morgan fingerprint density at radius 2 is 2.26 bits per heavy atom. The van der Waals surface area contributed by atoms with E-state index >= 15 is 0 Å². The number of likely N-dealkylation sites (N-methyl/N-ethyl adjacent to an activating group) is 1. The van der Waals surface area contributed by atoms with Gasteiger partial charge in [-0.3, -0.25) is 0 Å². The van der Waals surface area contributed by atoms with Gasteiger partial charge < -0.3 is 15.2 Å². The second-order valence-corrected chi connectivity index (χ2v) is 6.01. The van der Waals surface area contributed by atoms with Crippen LogP contribution in [-0.2, 0) is 0 Å². The van der Waals surface area contributed by atoms with Crippen molar-refractivity contribution in [3.63, 3.8) is 0 Å². The van der Waals surface area contributed by atoms with E-state index in [0.29, 0.717) is 22.0 Å². The van der Waals surface area contributed by atoms with Gasteiger partial charge >= 0.3 is 0 Å². The number of nitrogen functional groups attached to an aromatic ring is 1. The summed E-state index contributed by atoms with van der Waals surface area (Å²) in [4.78, 5) is 6.57. The van der Waals surface area contributed by atoms with Crippen LogP contribution < -0.4 is 5.73 Å². The number of hydrogen-bond donors (Lipinski definition) is 1. The number of nitrogens with zero attached hydrogens (tertiary/aromatic N) is 3. The van der Waals surface area contributed by atoms with Crippen LogP contribution in [0.5, 0.6) is 0 Å². The van der Waals surface area contributed by atoms with Gasteiger partial charge in [0.2, 0.25) is 5.95 Å². The van der Waals surface area contributed by atoms with Crippen molar-refractivity contribution in [3.05, 3.63) is 22.4 Å². The van der Waals surface area contributed by atoms with E-state index in [1.165, 1.54) is 6.07 Å². The van der Waals surface area contributed by atoms with Crippen LogP contribution in [0.3, 0.4) is 0 Å². The molecule has 102 valence electrons. The normalized spacial score (nSPS) is 21.1. The van der Waals surface area contributed by atoms with E-state index in [2.05, 4.69) is 32.9 Å². The number of benzene rings is 1. The maximum absolute atomic E-state index is 13.5. The van der Waals surface area contributed by atoms with Gasteiger partial charge in [0, 0.05) is 18.7 Å². The van der Waals surface area contributed by atoms with Crippen LogP contribution in [0.25, 0.3) is 11.0 Å². The number of nitrogens with two attached hydrogens (primary N) is 1. The van der Waals surface area contributed by atoms with Crippen molar-refractivity contribution in [2.24, 2.45) is 0 Å². The summed E-state index contributed by atoms with van der Waals surface area (Å²) in [7, 11) is 2.11. The minimum atomic E-state index is -0.307. The van der Waals surface area contributed by atoms with Gasteiger partial charge in [-0.15, -0.1) is 0 Å². The molecule has 1 aromatic carbocycles. The van der Waals surface area contributed by atoms with Crippen LogP contribution >= 0.6 is 15.9 Å². The monoisotopic (exact) mass is 326 g/mol. The highest BCUT2D eigenvalue weighted by atomic mass is 79.9. The lowest BCUT2D eigenvalue weighted by atomic mass is 10.1.